The van der Waals surface area contributed by atoms with Crippen LogP contribution in [-0.4, -0.2) is 53.3 Å². The van der Waals surface area contributed by atoms with E-state index in [9.17, 15) is 4.79 Å². The van der Waals surface area contributed by atoms with Crippen LogP contribution in [0.1, 0.15) is 39.0 Å². The lowest BCUT2D eigenvalue weighted by atomic mass is 9.96. The first-order valence-electron chi connectivity index (χ1n) is 10.1. The van der Waals surface area contributed by atoms with E-state index in [4.69, 9.17) is 9.26 Å². The molecule has 1 aromatic carbocycles. The van der Waals surface area contributed by atoms with Crippen molar-refractivity contribution in [3.05, 3.63) is 36.2 Å². The summed E-state index contributed by atoms with van der Waals surface area (Å²) in [5.41, 5.74) is 0.951. The zero-order valence-corrected chi connectivity index (χ0v) is 16.8. The molecule has 0 atom stereocenters. The largest absolute Gasteiger partial charge is 0.379 e. The van der Waals surface area contributed by atoms with Gasteiger partial charge >= 0.3 is 0 Å². The molecule has 0 unspecified atom stereocenters. The molecule has 0 bridgehead atoms. The molecule has 3 rings (SSSR count). The van der Waals surface area contributed by atoms with Gasteiger partial charge in [0.15, 0.2) is 0 Å². The fourth-order valence-corrected chi connectivity index (χ4v) is 3.32. The molecule has 0 spiro atoms. The van der Waals surface area contributed by atoms with Gasteiger partial charge in [0, 0.05) is 24.6 Å². The van der Waals surface area contributed by atoms with Crippen molar-refractivity contribution >= 4 is 5.91 Å². The van der Waals surface area contributed by atoms with Crippen LogP contribution in [0.3, 0.4) is 0 Å². The molecule has 2 aromatic rings. The molecule has 1 fully saturated rings. The third-order valence-electron chi connectivity index (χ3n) is 4.89. The Balaban J connectivity index is 1.37. The summed E-state index contributed by atoms with van der Waals surface area (Å²) >= 11 is 0. The van der Waals surface area contributed by atoms with E-state index in [1.807, 2.05) is 44.2 Å². The predicted octanol–water partition coefficient (Wildman–Crippen LogP) is 2.88. The number of hydrogen-bond acceptors (Lipinski definition) is 6. The molecule has 7 heteroatoms. The highest BCUT2D eigenvalue weighted by Gasteiger charge is 2.25. The van der Waals surface area contributed by atoms with Crippen LogP contribution in [0.15, 0.2) is 34.9 Å². The molecular formula is C21H30N4O3. The first kappa shape index (κ1) is 20.5. The summed E-state index contributed by atoms with van der Waals surface area (Å²) in [6.45, 7) is 7.74. The zero-order chi connectivity index (χ0) is 19.8. The van der Waals surface area contributed by atoms with Gasteiger partial charge in [0.25, 0.3) is 0 Å². The Kier molecular flexibility index (Phi) is 7.56. The topological polar surface area (TPSA) is 80.5 Å². The highest BCUT2D eigenvalue weighted by atomic mass is 16.5. The lowest BCUT2D eigenvalue weighted by Gasteiger charge is -2.30. The van der Waals surface area contributed by atoms with Gasteiger partial charge in [-0.3, -0.25) is 9.69 Å². The number of benzene rings is 1. The molecule has 0 aliphatic carbocycles. The molecule has 1 amide bonds. The Morgan fingerprint density at radius 2 is 2.04 bits per heavy atom. The average molecular weight is 386 g/mol. The maximum Gasteiger partial charge on any atom is 0.241 e. The highest BCUT2D eigenvalue weighted by Crippen LogP contribution is 2.20. The van der Waals surface area contributed by atoms with Crippen molar-refractivity contribution in [2.45, 2.75) is 45.8 Å². The van der Waals surface area contributed by atoms with Crippen molar-refractivity contribution in [3.63, 3.8) is 0 Å². The smallest absolute Gasteiger partial charge is 0.241 e. The molecule has 0 radical (unpaired) electrons. The number of hydrogen-bond donors (Lipinski definition) is 1. The van der Waals surface area contributed by atoms with Crippen LogP contribution < -0.4 is 5.32 Å². The van der Waals surface area contributed by atoms with E-state index >= 15 is 0 Å². The van der Waals surface area contributed by atoms with E-state index in [0.717, 1.165) is 37.9 Å². The molecule has 152 valence electrons. The van der Waals surface area contributed by atoms with Crippen LogP contribution in [0.2, 0.25) is 0 Å². The molecule has 1 aliphatic rings. The molecular weight excluding hydrogens is 356 g/mol. The molecule has 2 heterocycles. The summed E-state index contributed by atoms with van der Waals surface area (Å²) in [6.07, 6.45) is 2.80. The van der Waals surface area contributed by atoms with Crippen molar-refractivity contribution in [2.75, 3.05) is 26.2 Å². The van der Waals surface area contributed by atoms with Gasteiger partial charge in [0.2, 0.25) is 17.6 Å². The van der Waals surface area contributed by atoms with Crippen LogP contribution in [0, 0.1) is 5.92 Å². The normalized spacial score (nSPS) is 15.8. The number of piperidine rings is 1. The van der Waals surface area contributed by atoms with Gasteiger partial charge in [-0.1, -0.05) is 35.5 Å². The van der Waals surface area contributed by atoms with Gasteiger partial charge in [0.05, 0.1) is 12.6 Å². The third kappa shape index (κ3) is 6.14. The van der Waals surface area contributed by atoms with E-state index in [1.54, 1.807) is 0 Å². The van der Waals surface area contributed by atoms with E-state index in [-0.39, 0.29) is 17.9 Å². The highest BCUT2D eigenvalue weighted by molar-refractivity contribution is 5.78. The van der Waals surface area contributed by atoms with Crippen molar-refractivity contribution in [1.29, 1.82) is 0 Å². The van der Waals surface area contributed by atoms with Crippen molar-refractivity contribution in [3.8, 4) is 11.4 Å². The van der Waals surface area contributed by atoms with Crippen molar-refractivity contribution in [2.24, 2.45) is 5.92 Å². The van der Waals surface area contributed by atoms with E-state index in [0.29, 0.717) is 31.4 Å². The van der Waals surface area contributed by atoms with Crippen LogP contribution >= 0.6 is 0 Å². The van der Waals surface area contributed by atoms with Gasteiger partial charge < -0.3 is 14.6 Å². The fraction of sp³-hybridized carbons (Fsp3) is 0.571. The summed E-state index contributed by atoms with van der Waals surface area (Å²) in [7, 11) is 0. The Hall–Kier alpha value is -2.25. The summed E-state index contributed by atoms with van der Waals surface area (Å²) in [5.74, 6) is 1.48. The Morgan fingerprint density at radius 1 is 1.29 bits per heavy atom. The average Bonchev–Trinajstić information content (AvgIpc) is 3.17. The molecule has 1 aliphatic heterocycles. The number of carbonyl (C=O) groups is 1. The van der Waals surface area contributed by atoms with E-state index < -0.39 is 0 Å². The van der Waals surface area contributed by atoms with Crippen LogP contribution in [0.4, 0.5) is 0 Å². The molecule has 0 saturated carbocycles. The maximum absolute atomic E-state index is 12.3. The number of carbonyl (C=O) groups excluding carboxylic acids is 1. The minimum atomic E-state index is 0.0878. The number of aromatic nitrogens is 2. The van der Waals surface area contributed by atoms with Crippen molar-refractivity contribution < 1.29 is 14.1 Å². The second-order valence-corrected chi connectivity index (χ2v) is 7.49. The predicted molar refractivity (Wildman–Crippen MR) is 106 cm³/mol. The zero-order valence-electron chi connectivity index (χ0n) is 16.8. The standard InChI is InChI=1S/C21H30N4O3/c1-16(2)27-14-6-11-22-21(26)18-9-12-25(13-10-18)15-19-23-20(24-28-19)17-7-4-3-5-8-17/h3-5,7-8,16,18H,6,9-15H2,1-2H3,(H,22,26). The maximum atomic E-state index is 12.3. The van der Waals surface area contributed by atoms with Gasteiger partial charge in [0.1, 0.15) is 0 Å². The fourth-order valence-electron chi connectivity index (χ4n) is 3.32. The Bertz CT molecular complexity index is 724. The van der Waals surface area contributed by atoms with Crippen LogP contribution in [0.25, 0.3) is 11.4 Å². The third-order valence-corrected chi connectivity index (χ3v) is 4.89. The minimum Gasteiger partial charge on any atom is -0.379 e. The van der Waals surface area contributed by atoms with Gasteiger partial charge in [-0.2, -0.15) is 4.98 Å². The second kappa shape index (κ2) is 10.3. The van der Waals surface area contributed by atoms with Gasteiger partial charge in [-0.05, 0) is 46.2 Å². The molecule has 1 N–H and O–H groups in total. The number of rotatable bonds is 9. The SMILES string of the molecule is CC(C)OCCCNC(=O)C1CCN(Cc2nc(-c3ccccc3)no2)CC1. The summed E-state index contributed by atoms with van der Waals surface area (Å²) in [5, 5.41) is 7.10. The number of nitrogens with zero attached hydrogens (tertiary/aromatic N) is 3. The quantitative estimate of drug-likeness (QED) is 0.668. The Morgan fingerprint density at radius 3 is 2.75 bits per heavy atom. The summed E-state index contributed by atoms with van der Waals surface area (Å²) in [6, 6.07) is 9.81. The lowest BCUT2D eigenvalue weighted by molar-refractivity contribution is -0.126. The van der Waals surface area contributed by atoms with Crippen LogP contribution in [-0.2, 0) is 16.1 Å². The lowest BCUT2D eigenvalue weighted by Crippen LogP contribution is -2.40. The molecule has 28 heavy (non-hydrogen) atoms. The minimum absolute atomic E-state index is 0.0878. The first-order valence-corrected chi connectivity index (χ1v) is 10.1. The van der Waals surface area contributed by atoms with E-state index in [1.165, 1.54) is 0 Å². The summed E-state index contributed by atoms with van der Waals surface area (Å²) in [4.78, 5) is 19.1. The monoisotopic (exact) mass is 386 g/mol. The second-order valence-electron chi connectivity index (χ2n) is 7.49. The van der Waals surface area contributed by atoms with Gasteiger partial charge in [-0.15, -0.1) is 0 Å². The first-order chi connectivity index (χ1) is 13.6. The molecule has 7 nitrogen and oxygen atoms in total. The van der Waals surface area contributed by atoms with Gasteiger partial charge in [-0.25, -0.2) is 0 Å². The molecule has 1 aromatic heterocycles. The number of nitrogens with one attached hydrogen (secondary N) is 1. The Labute approximate surface area is 166 Å². The molecule has 1 saturated heterocycles. The number of amides is 1. The van der Waals surface area contributed by atoms with Crippen molar-refractivity contribution in [1.82, 2.24) is 20.4 Å². The number of likely N-dealkylation sites (tertiary alicyclic amines) is 1. The van der Waals surface area contributed by atoms with E-state index in [2.05, 4.69) is 20.4 Å². The summed E-state index contributed by atoms with van der Waals surface area (Å²) < 4.78 is 10.9. The number of ether oxygens (including phenoxy) is 1. The van der Waals surface area contributed by atoms with Crippen LogP contribution in [0.5, 0.6) is 0 Å².